The molecule has 0 unspecified atom stereocenters. The first-order valence-electron chi connectivity index (χ1n) is 10.0. The minimum atomic E-state index is -0.511. The highest BCUT2D eigenvalue weighted by molar-refractivity contribution is 7.17. The number of nitro groups is 1. The summed E-state index contributed by atoms with van der Waals surface area (Å²) in [4.78, 5) is 37.5. The summed E-state index contributed by atoms with van der Waals surface area (Å²) < 4.78 is 0. The SMILES string of the molecule is Cc1ccccc1NC(=O)c1c(NC(=O)c2ccc([N+](=O)[O-])cc2)sc2c1CCCC2. The number of nitrogens with zero attached hydrogens (tertiary/aromatic N) is 1. The molecule has 1 heterocycles. The van der Waals surface area contributed by atoms with Gasteiger partial charge in [0.25, 0.3) is 17.5 Å². The molecule has 1 aromatic heterocycles. The van der Waals surface area contributed by atoms with E-state index in [1.807, 2.05) is 31.2 Å². The third-order valence-electron chi connectivity index (χ3n) is 5.36. The summed E-state index contributed by atoms with van der Waals surface area (Å²) in [5, 5.41) is 17.2. The minimum absolute atomic E-state index is 0.0820. The standard InChI is InChI=1S/C23H21N3O4S/c1-14-6-2-4-8-18(14)24-22(28)20-17-7-3-5-9-19(17)31-23(20)25-21(27)15-10-12-16(13-11-15)26(29)30/h2,4,6,8,10-13H,3,5,7,9H2,1H3,(H,24,28)(H,25,27). The maximum atomic E-state index is 13.2. The van der Waals surface area contributed by atoms with Gasteiger partial charge in [-0.3, -0.25) is 19.7 Å². The van der Waals surface area contributed by atoms with E-state index in [0.29, 0.717) is 16.1 Å². The number of benzene rings is 2. The molecule has 0 bridgehead atoms. The summed E-state index contributed by atoms with van der Waals surface area (Å²) in [6, 6.07) is 13.0. The highest BCUT2D eigenvalue weighted by Crippen LogP contribution is 2.39. The number of thiophene rings is 1. The molecule has 7 nitrogen and oxygen atoms in total. The van der Waals surface area contributed by atoms with Crippen molar-refractivity contribution < 1.29 is 14.5 Å². The molecule has 4 rings (SSSR count). The Bertz CT molecular complexity index is 1170. The van der Waals surface area contributed by atoms with Gasteiger partial charge in [-0.1, -0.05) is 18.2 Å². The second kappa shape index (κ2) is 8.69. The zero-order valence-corrected chi connectivity index (χ0v) is 17.8. The molecule has 1 aliphatic rings. The van der Waals surface area contributed by atoms with Gasteiger partial charge in [-0.05, 0) is 61.9 Å². The topological polar surface area (TPSA) is 101 Å². The number of carbonyl (C=O) groups excluding carboxylic acids is 2. The lowest BCUT2D eigenvalue weighted by Crippen LogP contribution is -2.19. The van der Waals surface area contributed by atoms with Crippen LogP contribution in [0, 0.1) is 17.0 Å². The Balaban J connectivity index is 1.63. The Morgan fingerprint density at radius 2 is 1.68 bits per heavy atom. The van der Waals surface area contributed by atoms with Gasteiger partial charge in [0, 0.05) is 28.3 Å². The number of para-hydroxylation sites is 1. The van der Waals surface area contributed by atoms with Gasteiger partial charge in [0.1, 0.15) is 5.00 Å². The van der Waals surface area contributed by atoms with E-state index in [1.54, 1.807) is 0 Å². The molecule has 0 atom stereocenters. The third kappa shape index (κ3) is 4.34. The highest BCUT2D eigenvalue weighted by atomic mass is 32.1. The summed E-state index contributed by atoms with van der Waals surface area (Å²) >= 11 is 1.44. The molecule has 0 fully saturated rings. The monoisotopic (exact) mass is 435 g/mol. The van der Waals surface area contributed by atoms with Crippen LogP contribution in [0.4, 0.5) is 16.4 Å². The molecule has 8 heteroatoms. The van der Waals surface area contributed by atoms with Gasteiger partial charge in [-0.15, -0.1) is 11.3 Å². The molecule has 2 N–H and O–H groups in total. The number of fused-ring (bicyclic) bond motifs is 1. The van der Waals surface area contributed by atoms with Crippen molar-refractivity contribution in [2.75, 3.05) is 10.6 Å². The van der Waals surface area contributed by atoms with Crippen LogP contribution in [0.5, 0.6) is 0 Å². The van der Waals surface area contributed by atoms with Crippen molar-refractivity contribution in [3.63, 3.8) is 0 Å². The first-order valence-corrected chi connectivity index (χ1v) is 10.8. The molecular formula is C23H21N3O4S. The van der Waals surface area contributed by atoms with Crippen LogP contribution >= 0.6 is 11.3 Å². The van der Waals surface area contributed by atoms with E-state index in [4.69, 9.17) is 0 Å². The lowest BCUT2D eigenvalue weighted by atomic mass is 9.95. The number of rotatable bonds is 5. The van der Waals surface area contributed by atoms with Crippen molar-refractivity contribution >= 4 is 39.5 Å². The fourth-order valence-electron chi connectivity index (χ4n) is 3.70. The summed E-state index contributed by atoms with van der Waals surface area (Å²) in [5.74, 6) is -0.647. The molecule has 0 spiro atoms. The van der Waals surface area contributed by atoms with E-state index < -0.39 is 10.8 Å². The van der Waals surface area contributed by atoms with Crippen LogP contribution in [0.15, 0.2) is 48.5 Å². The molecule has 0 aliphatic heterocycles. The smallest absolute Gasteiger partial charge is 0.269 e. The molecule has 3 aromatic rings. The maximum Gasteiger partial charge on any atom is 0.269 e. The molecule has 2 amide bonds. The van der Waals surface area contributed by atoms with Crippen molar-refractivity contribution in [2.45, 2.75) is 32.6 Å². The van der Waals surface area contributed by atoms with E-state index in [2.05, 4.69) is 10.6 Å². The lowest BCUT2D eigenvalue weighted by Gasteiger charge is -2.14. The Hall–Kier alpha value is -3.52. The average Bonchev–Trinajstić information content (AvgIpc) is 3.13. The average molecular weight is 436 g/mol. The number of non-ortho nitro benzene ring substituents is 1. The summed E-state index contributed by atoms with van der Waals surface area (Å²) in [7, 11) is 0. The van der Waals surface area contributed by atoms with E-state index in [-0.39, 0.29) is 11.6 Å². The number of amides is 2. The molecule has 0 saturated carbocycles. The van der Waals surface area contributed by atoms with Gasteiger partial charge in [0.15, 0.2) is 0 Å². The Kier molecular flexibility index (Phi) is 5.81. The number of nitrogens with one attached hydrogen (secondary N) is 2. The predicted molar refractivity (Wildman–Crippen MR) is 121 cm³/mol. The lowest BCUT2D eigenvalue weighted by molar-refractivity contribution is -0.384. The van der Waals surface area contributed by atoms with Crippen LogP contribution in [-0.2, 0) is 12.8 Å². The molecule has 1 aliphatic carbocycles. The number of anilines is 2. The van der Waals surface area contributed by atoms with Gasteiger partial charge in [0.2, 0.25) is 0 Å². The Morgan fingerprint density at radius 1 is 0.968 bits per heavy atom. The van der Waals surface area contributed by atoms with Crippen molar-refractivity contribution in [2.24, 2.45) is 0 Å². The fraction of sp³-hybridized carbons (Fsp3) is 0.217. The van der Waals surface area contributed by atoms with Gasteiger partial charge in [-0.2, -0.15) is 0 Å². The normalized spacial score (nSPS) is 12.7. The molecule has 0 radical (unpaired) electrons. The second-order valence-corrected chi connectivity index (χ2v) is 8.55. The minimum Gasteiger partial charge on any atom is -0.322 e. The number of aryl methyl sites for hydroxylation is 2. The summed E-state index contributed by atoms with van der Waals surface area (Å²) in [6.45, 7) is 1.93. The Labute approximate surface area is 183 Å². The van der Waals surface area contributed by atoms with Gasteiger partial charge >= 0.3 is 0 Å². The van der Waals surface area contributed by atoms with Crippen molar-refractivity contribution in [3.05, 3.63) is 85.8 Å². The van der Waals surface area contributed by atoms with E-state index in [0.717, 1.165) is 47.4 Å². The largest absolute Gasteiger partial charge is 0.322 e. The first kappa shape index (κ1) is 20.7. The molecule has 31 heavy (non-hydrogen) atoms. The quantitative estimate of drug-likeness (QED) is 0.417. The van der Waals surface area contributed by atoms with Crippen LogP contribution in [0.2, 0.25) is 0 Å². The predicted octanol–water partition coefficient (Wildman–Crippen LogP) is 5.35. The van der Waals surface area contributed by atoms with Crippen LogP contribution in [0.3, 0.4) is 0 Å². The van der Waals surface area contributed by atoms with E-state index >= 15 is 0 Å². The number of carbonyl (C=O) groups is 2. The number of hydrogen-bond acceptors (Lipinski definition) is 5. The van der Waals surface area contributed by atoms with Crippen LogP contribution in [-0.4, -0.2) is 16.7 Å². The van der Waals surface area contributed by atoms with Crippen LogP contribution < -0.4 is 10.6 Å². The second-order valence-electron chi connectivity index (χ2n) is 7.44. The Morgan fingerprint density at radius 3 is 2.39 bits per heavy atom. The van der Waals surface area contributed by atoms with E-state index in [9.17, 15) is 19.7 Å². The zero-order valence-electron chi connectivity index (χ0n) is 16.9. The fourth-order valence-corrected chi connectivity index (χ4v) is 4.98. The van der Waals surface area contributed by atoms with Crippen molar-refractivity contribution in [3.8, 4) is 0 Å². The van der Waals surface area contributed by atoms with Gasteiger partial charge in [-0.25, -0.2) is 0 Å². The van der Waals surface area contributed by atoms with Crippen molar-refractivity contribution in [1.82, 2.24) is 0 Å². The molecule has 158 valence electrons. The summed E-state index contributed by atoms with van der Waals surface area (Å²) in [6.07, 6.45) is 3.75. The molecule has 0 saturated heterocycles. The summed E-state index contributed by atoms with van der Waals surface area (Å²) in [5.41, 5.74) is 3.41. The van der Waals surface area contributed by atoms with Crippen LogP contribution in [0.25, 0.3) is 0 Å². The van der Waals surface area contributed by atoms with E-state index in [1.165, 1.54) is 35.6 Å². The first-order chi connectivity index (χ1) is 14.9. The highest BCUT2D eigenvalue weighted by Gasteiger charge is 2.27. The number of hydrogen-bond donors (Lipinski definition) is 2. The molecule has 2 aromatic carbocycles. The van der Waals surface area contributed by atoms with Gasteiger partial charge < -0.3 is 10.6 Å². The molecular weight excluding hydrogens is 414 g/mol. The third-order valence-corrected chi connectivity index (χ3v) is 6.57. The zero-order chi connectivity index (χ0) is 22.0. The van der Waals surface area contributed by atoms with Crippen molar-refractivity contribution in [1.29, 1.82) is 0 Å². The van der Waals surface area contributed by atoms with Gasteiger partial charge in [0.05, 0.1) is 10.5 Å². The number of nitro benzene ring substituents is 1. The van der Waals surface area contributed by atoms with Crippen LogP contribution in [0.1, 0.15) is 49.6 Å². The maximum absolute atomic E-state index is 13.2.